The number of nitrogens with zero attached hydrogens (tertiary/aromatic N) is 2. The van der Waals surface area contributed by atoms with Crippen molar-refractivity contribution in [1.82, 2.24) is 0 Å². The normalized spacial score (nSPS) is 16.8. The van der Waals surface area contributed by atoms with Crippen molar-refractivity contribution in [2.75, 3.05) is 11.4 Å². The molecule has 0 spiro atoms. The second kappa shape index (κ2) is 6.59. The fourth-order valence-electron chi connectivity index (χ4n) is 2.69. The molecule has 0 bridgehead atoms. The fourth-order valence-corrected chi connectivity index (χ4v) is 3.56. The quantitative estimate of drug-likeness (QED) is 0.600. The molecule has 1 aliphatic heterocycles. The minimum Gasteiger partial charge on any atom is -0.308 e. The number of amides is 1. The van der Waals surface area contributed by atoms with Crippen molar-refractivity contribution in [2.45, 2.75) is 12.5 Å². The molecule has 0 aromatic heterocycles. The van der Waals surface area contributed by atoms with E-state index < -0.39 is 6.04 Å². The Morgan fingerprint density at radius 1 is 1.22 bits per heavy atom. The standard InChI is InChI=1S/C16H11BrCl2N2O2/c17-9-1-4-15-12(7-9)14(20-23)5-6-21(15)16(22)11-3-2-10(18)8-13(11)19/h1-4,7-8,14H,5-6H2. The highest BCUT2D eigenvalue weighted by atomic mass is 79.9. The van der Waals surface area contributed by atoms with Gasteiger partial charge in [0.25, 0.3) is 5.91 Å². The maximum atomic E-state index is 12.9. The number of halogens is 3. The summed E-state index contributed by atoms with van der Waals surface area (Å²) in [4.78, 5) is 25.5. The maximum Gasteiger partial charge on any atom is 0.259 e. The van der Waals surface area contributed by atoms with Crippen LogP contribution in [-0.2, 0) is 0 Å². The van der Waals surface area contributed by atoms with Crippen molar-refractivity contribution in [2.24, 2.45) is 5.18 Å². The van der Waals surface area contributed by atoms with Crippen LogP contribution in [0, 0.1) is 4.91 Å². The molecule has 0 radical (unpaired) electrons. The smallest absolute Gasteiger partial charge is 0.259 e. The van der Waals surface area contributed by atoms with Gasteiger partial charge in [-0.3, -0.25) is 4.79 Å². The first-order valence-corrected chi connectivity index (χ1v) is 8.45. The summed E-state index contributed by atoms with van der Waals surface area (Å²) in [5, 5.41) is 3.95. The summed E-state index contributed by atoms with van der Waals surface area (Å²) in [6.07, 6.45) is 0.476. The van der Waals surface area contributed by atoms with Gasteiger partial charge in [0.05, 0.1) is 10.6 Å². The first-order valence-electron chi connectivity index (χ1n) is 6.90. The molecular formula is C16H11BrCl2N2O2. The van der Waals surface area contributed by atoms with Crippen LogP contribution in [-0.4, -0.2) is 12.5 Å². The van der Waals surface area contributed by atoms with Crippen molar-refractivity contribution < 1.29 is 4.79 Å². The zero-order valence-corrected chi connectivity index (χ0v) is 14.9. The predicted octanol–water partition coefficient (Wildman–Crippen LogP) is 5.61. The van der Waals surface area contributed by atoms with Gasteiger partial charge >= 0.3 is 0 Å². The molecule has 0 saturated carbocycles. The lowest BCUT2D eigenvalue weighted by Crippen LogP contribution is -2.36. The number of rotatable bonds is 2. The number of nitroso groups, excluding NO2 is 1. The summed E-state index contributed by atoms with van der Waals surface area (Å²) in [6, 6.07) is 9.78. The summed E-state index contributed by atoms with van der Waals surface area (Å²) < 4.78 is 0.837. The summed E-state index contributed by atoms with van der Waals surface area (Å²) in [7, 11) is 0. The van der Waals surface area contributed by atoms with Gasteiger partial charge in [-0.1, -0.05) is 44.3 Å². The number of carbonyl (C=O) groups excluding carboxylic acids is 1. The molecule has 0 aliphatic carbocycles. The molecule has 1 unspecified atom stereocenters. The first-order chi connectivity index (χ1) is 11.0. The molecule has 4 nitrogen and oxygen atoms in total. The van der Waals surface area contributed by atoms with E-state index in [9.17, 15) is 9.70 Å². The van der Waals surface area contributed by atoms with E-state index in [2.05, 4.69) is 21.1 Å². The van der Waals surface area contributed by atoms with Crippen LogP contribution in [0.4, 0.5) is 5.69 Å². The number of fused-ring (bicyclic) bond motifs is 1. The average Bonchev–Trinajstić information content (AvgIpc) is 2.53. The van der Waals surface area contributed by atoms with Gasteiger partial charge in [0.2, 0.25) is 0 Å². The molecule has 3 rings (SSSR count). The van der Waals surface area contributed by atoms with Crippen LogP contribution in [0.15, 0.2) is 46.0 Å². The van der Waals surface area contributed by atoms with E-state index in [1.54, 1.807) is 29.2 Å². The molecule has 1 heterocycles. The lowest BCUT2D eigenvalue weighted by atomic mass is 9.96. The highest BCUT2D eigenvalue weighted by Crippen LogP contribution is 2.38. The van der Waals surface area contributed by atoms with E-state index >= 15 is 0 Å². The highest BCUT2D eigenvalue weighted by Gasteiger charge is 2.30. The van der Waals surface area contributed by atoms with Crippen LogP contribution in [0.2, 0.25) is 10.0 Å². The summed E-state index contributed by atoms with van der Waals surface area (Å²) in [5.74, 6) is -0.223. The van der Waals surface area contributed by atoms with Gasteiger partial charge in [0.1, 0.15) is 6.04 Å². The maximum absolute atomic E-state index is 12.9. The van der Waals surface area contributed by atoms with Gasteiger partial charge in [0.15, 0.2) is 0 Å². The van der Waals surface area contributed by atoms with Crippen LogP contribution in [0.5, 0.6) is 0 Å². The molecule has 1 atom stereocenters. The van der Waals surface area contributed by atoms with Crippen LogP contribution >= 0.6 is 39.1 Å². The van der Waals surface area contributed by atoms with Crippen molar-refractivity contribution in [3.05, 3.63) is 67.0 Å². The second-order valence-electron chi connectivity index (χ2n) is 5.19. The van der Waals surface area contributed by atoms with Crippen molar-refractivity contribution >= 4 is 50.7 Å². The molecule has 1 amide bonds. The molecule has 0 saturated heterocycles. The third kappa shape index (κ3) is 3.13. The Kier molecular flexibility index (Phi) is 4.71. The predicted molar refractivity (Wildman–Crippen MR) is 95.4 cm³/mol. The van der Waals surface area contributed by atoms with Gasteiger partial charge in [0, 0.05) is 27.3 Å². The van der Waals surface area contributed by atoms with E-state index in [-0.39, 0.29) is 5.91 Å². The Labute approximate surface area is 151 Å². The topological polar surface area (TPSA) is 49.7 Å². The van der Waals surface area contributed by atoms with Gasteiger partial charge in [-0.25, -0.2) is 0 Å². The fraction of sp³-hybridized carbons (Fsp3) is 0.188. The third-order valence-corrected chi connectivity index (χ3v) is 4.84. The van der Waals surface area contributed by atoms with Gasteiger partial charge in [-0.2, -0.15) is 4.91 Å². The SMILES string of the molecule is O=NC1CCN(C(=O)c2ccc(Cl)cc2Cl)c2ccc(Br)cc21. The zero-order valence-electron chi connectivity index (χ0n) is 11.8. The number of anilines is 1. The van der Waals surface area contributed by atoms with E-state index in [1.165, 1.54) is 0 Å². The number of hydrogen-bond donors (Lipinski definition) is 0. The van der Waals surface area contributed by atoms with Crippen molar-refractivity contribution in [3.8, 4) is 0 Å². The minimum atomic E-state index is -0.452. The van der Waals surface area contributed by atoms with Crippen molar-refractivity contribution in [3.63, 3.8) is 0 Å². The largest absolute Gasteiger partial charge is 0.308 e. The molecule has 2 aromatic rings. The molecule has 1 aliphatic rings. The van der Waals surface area contributed by atoms with Crippen LogP contribution in [0.25, 0.3) is 0 Å². The Balaban J connectivity index is 2.04. The zero-order chi connectivity index (χ0) is 16.6. The van der Waals surface area contributed by atoms with E-state index in [0.717, 1.165) is 10.0 Å². The van der Waals surface area contributed by atoms with Gasteiger partial charge in [-0.15, -0.1) is 0 Å². The summed E-state index contributed by atoms with van der Waals surface area (Å²) in [6.45, 7) is 0.406. The summed E-state index contributed by atoms with van der Waals surface area (Å²) in [5.41, 5.74) is 1.79. The van der Waals surface area contributed by atoms with Crippen LogP contribution in [0.3, 0.4) is 0 Å². The van der Waals surface area contributed by atoms with E-state index in [0.29, 0.717) is 34.3 Å². The Morgan fingerprint density at radius 3 is 2.70 bits per heavy atom. The molecule has 0 N–H and O–H groups in total. The summed E-state index contributed by atoms with van der Waals surface area (Å²) >= 11 is 15.4. The van der Waals surface area contributed by atoms with E-state index in [4.69, 9.17) is 23.2 Å². The average molecular weight is 414 g/mol. The molecular weight excluding hydrogens is 403 g/mol. The van der Waals surface area contributed by atoms with Crippen molar-refractivity contribution in [1.29, 1.82) is 0 Å². The van der Waals surface area contributed by atoms with Gasteiger partial charge < -0.3 is 4.90 Å². The number of carbonyl (C=O) groups is 1. The Hall–Kier alpha value is -1.43. The first kappa shape index (κ1) is 16.4. The Morgan fingerprint density at radius 2 is 2.00 bits per heavy atom. The third-order valence-electron chi connectivity index (χ3n) is 3.80. The number of hydrogen-bond acceptors (Lipinski definition) is 3. The van der Waals surface area contributed by atoms with Crippen LogP contribution in [0.1, 0.15) is 28.4 Å². The van der Waals surface area contributed by atoms with E-state index in [1.807, 2.05) is 12.1 Å². The number of benzene rings is 2. The Bertz CT molecular complexity index is 798. The molecule has 0 fully saturated rings. The minimum absolute atomic E-state index is 0.223. The monoisotopic (exact) mass is 412 g/mol. The lowest BCUT2D eigenvalue weighted by Gasteiger charge is -2.32. The second-order valence-corrected chi connectivity index (χ2v) is 6.95. The molecule has 7 heteroatoms. The van der Waals surface area contributed by atoms with Gasteiger partial charge in [-0.05, 0) is 42.8 Å². The molecule has 118 valence electrons. The van der Waals surface area contributed by atoms with Crippen LogP contribution < -0.4 is 4.90 Å². The lowest BCUT2D eigenvalue weighted by molar-refractivity contribution is 0.0984. The highest BCUT2D eigenvalue weighted by molar-refractivity contribution is 9.10. The molecule has 23 heavy (non-hydrogen) atoms. The molecule has 2 aromatic carbocycles.